The standard InChI is InChI=1S/C14H9N5O5/c20-14(16-17-8-15-10-3-1-2-4-11(10)17)9-5-6-12(18(21)22)13(7-9)19(23)24/h1-8H,(H,16,20). The Morgan fingerprint density at radius 2 is 1.75 bits per heavy atom. The van der Waals surface area contributed by atoms with Gasteiger partial charge >= 0.3 is 11.4 Å². The van der Waals surface area contributed by atoms with E-state index in [2.05, 4.69) is 10.4 Å². The fourth-order valence-corrected chi connectivity index (χ4v) is 2.19. The highest BCUT2D eigenvalue weighted by Gasteiger charge is 2.25. The third-order valence-electron chi connectivity index (χ3n) is 3.31. The van der Waals surface area contributed by atoms with Crippen molar-refractivity contribution >= 4 is 28.3 Å². The van der Waals surface area contributed by atoms with Crippen LogP contribution in [0.2, 0.25) is 0 Å². The number of para-hydroxylation sites is 2. The summed E-state index contributed by atoms with van der Waals surface area (Å²) in [5, 5.41) is 21.7. The normalized spacial score (nSPS) is 10.5. The molecule has 1 amide bonds. The average molecular weight is 327 g/mol. The smallest absolute Gasteiger partial charge is 0.267 e. The third-order valence-corrected chi connectivity index (χ3v) is 3.31. The van der Waals surface area contributed by atoms with E-state index in [4.69, 9.17) is 0 Å². The van der Waals surface area contributed by atoms with Gasteiger partial charge < -0.3 is 0 Å². The van der Waals surface area contributed by atoms with Crippen LogP contribution < -0.4 is 5.43 Å². The SMILES string of the molecule is O=C(Nn1cnc2ccccc21)c1ccc([N+](=O)[O-])c([N+](=O)[O-])c1. The molecule has 0 saturated heterocycles. The van der Waals surface area contributed by atoms with Crippen LogP contribution in [0.3, 0.4) is 0 Å². The Labute approximate surface area is 133 Å². The Kier molecular flexibility index (Phi) is 3.62. The molecule has 0 saturated carbocycles. The Morgan fingerprint density at radius 1 is 1.04 bits per heavy atom. The minimum atomic E-state index is -0.901. The molecule has 0 bridgehead atoms. The highest BCUT2D eigenvalue weighted by Crippen LogP contribution is 2.27. The van der Waals surface area contributed by atoms with Gasteiger partial charge in [0, 0.05) is 17.7 Å². The number of carbonyl (C=O) groups excluding carboxylic acids is 1. The lowest BCUT2D eigenvalue weighted by Crippen LogP contribution is -2.22. The van der Waals surface area contributed by atoms with Gasteiger partial charge in [-0.2, -0.15) is 0 Å². The summed E-state index contributed by atoms with van der Waals surface area (Å²) in [6.07, 6.45) is 1.39. The maximum Gasteiger partial charge on any atom is 0.346 e. The van der Waals surface area contributed by atoms with E-state index in [9.17, 15) is 25.0 Å². The molecule has 0 radical (unpaired) electrons. The van der Waals surface area contributed by atoms with Gasteiger partial charge in [-0.05, 0) is 18.2 Å². The molecule has 2 aromatic carbocycles. The van der Waals surface area contributed by atoms with Crippen molar-refractivity contribution < 1.29 is 14.6 Å². The third kappa shape index (κ3) is 2.63. The van der Waals surface area contributed by atoms with Gasteiger partial charge in [0.2, 0.25) is 0 Å². The summed E-state index contributed by atoms with van der Waals surface area (Å²) in [6.45, 7) is 0. The molecule has 1 aromatic heterocycles. The first-order chi connectivity index (χ1) is 11.5. The van der Waals surface area contributed by atoms with Crippen LogP contribution in [0.15, 0.2) is 48.8 Å². The number of amides is 1. The quantitative estimate of drug-likeness (QED) is 0.577. The molecule has 1 N–H and O–H groups in total. The predicted molar refractivity (Wildman–Crippen MR) is 83.2 cm³/mol. The second-order valence-electron chi connectivity index (χ2n) is 4.76. The van der Waals surface area contributed by atoms with Gasteiger partial charge in [0.05, 0.1) is 20.9 Å². The summed E-state index contributed by atoms with van der Waals surface area (Å²) in [5.41, 5.74) is 2.32. The van der Waals surface area contributed by atoms with Crippen LogP contribution in [0.25, 0.3) is 11.0 Å². The minimum Gasteiger partial charge on any atom is -0.267 e. The predicted octanol–water partition coefficient (Wildman–Crippen LogP) is 2.24. The van der Waals surface area contributed by atoms with Crippen molar-refractivity contribution in [2.45, 2.75) is 0 Å². The van der Waals surface area contributed by atoms with E-state index in [1.807, 2.05) is 0 Å². The number of hydrogen-bond donors (Lipinski definition) is 1. The molecule has 0 fully saturated rings. The zero-order chi connectivity index (χ0) is 17.3. The molecule has 0 aliphatic carbocycles. The number of nitro groups is 2. The molecule has 1 heterocycles. The Balaban J connectivity index is 1.94. The molecule has 0 atom stereocenters. The summed E-state index contributed by atoms with van der Waals surface area (Å²) in [4.78, 5) is 36.3. The highest BCUT2D eigenvalue weighted by atomic mass is 16.6. The van der Waals surface area contributed by atoms with Gasteiger partial charge in [-0.15, -0.1) is 0 Å². The van der Waals surface area contributed by atoms with E-state index < -0.39 is 27.1 Å². The average Bonchev–Trinajstić information content (AvgIpc) is 2.97. The molecule has 10 heteroatoms. The van der Waals surface area contributed by atoms with Crippen LogP contribution >= 0.6 is 0 Å². The fourth-order valence-electron chi connectivity index (χ4n) is 2.19. The van der Waals surface area contributed by atoms with Crippen molar-refractivity contribution in [3.8, 4) is 0 Å². The second-order valence-corrected chi connectivity index (χ2v) is 4.76. The Morgan fingerprint density at radius 3 is 2.46 bits per heavy atom. The van der Waals surface area contributed by atoms with E-state index in [-0.39, 0.29) is 5.56 Å². The van der Waals surface area contributed by atoms with Crippen molar-refractivity contribution in [2.24, 2.45) is 0 Å². The van der Waals surface area contributed by atoms with Crippen LogP contribution in [-0.2, 0) is 0 Å². The molecule has 0 aliphatic heterocycles. The fraction of sp³-hybridized carbons (Fsp3) is 0. The van der Waals surface area contributed by atoms with Gasteiger partial charge in [0.15, 0.2) is 0 Å². The molecule has 10 nitrogen and oxygen atoms in total. The molecular weight excluding hydrogens is 318 g/mol. The largest absolute Gasteiger partial charge is 0.346 e. The zero-order valence-electron chi connectivity index (χ0n) is 11.9. The number of carbonyl (C=O) groups is 1. The van der Waals surface area contributed by atoms with E-state index in [1.54, 1.807) is 24.3 Å². The van der Waals surface area contributed by atoms with Crippen molar-refractivity contribution in [2.75, 3.05) is 5.43 Å². The van der Waals surface area contributed by atoms with Gasteiger partial charge in [-0.25, -0.2) is 9.66 Å². The van der Waals surface area contributed by atoms with E-state index in [0.29, 0.717) is 11.0 Å². The first-order valence-corrected chi connectivity index (χ1v) is 6.63. The molecule has 0 spiro atoms. The monoisotopic (exact) mass is 327 g/mol. The van der Waals surface area contributed by atoms with Crippen LogP contribution in [0.1, 0.15) is 10.4 Å². The number of hydrogen-bond acceptors (Lipinski definition) is 6. The van der Waals surface area contributed by atoms with Crippen molar-refractivity contribution in [1.29, 1.82) is 0 Å². The number of nitro benzene ring substituents is 2. The summed E-state index contributed by atoms with van der Waals surface area (Å²) >= 11 is 0. The summed E-state index contributed by atoms with van der Waals surface area (Å²) in [5.74, 6) is -0.656. The molecule has 3 rings (SSSR count). The minimum absolute atomic E-state index is 0.0786. The van der Waals surface area contributed by atoms with Crippen molar-refractivity contribution in [3.63, 3.8) is 0 Å². The first-order valence-electron chi connectivity index (χ1n) is 6.63. The Hall–Kier alpha value is -3.82. The first kappa shape index (κ1) is 15.1. The van der Waals surface area contributed by atoms with Crippen LogP contribution in [0.4, 0.5) is 11.4 Å². The van der Waals surface area contributed by atoms with E-state index >= 15 is 0 Å². The molecule has 3 aromatic rings. The van der Waals surface area contributed by atoms with Crippen LogP contribution in [0, 0.1) is 20.2 Å². The van der Waals surface area contributed by atoms with E-state index in [0.717, 1.165) is 18.2 Å². The van der Waals surface area contributed by atoms with Crippen LogP contribution in [0.5, 0.6) is 0 Å². The number of benzene rings is 2. The summed E-state index contributed by atoms with van der Waals surface area (Å²) in [6, 6.07) is 10.0. The number of imidazole rings is 1. The maximum absolute atomic E-state index is 12.3. The highest BCUT2D eigenvalue weighted by molar-refractivity contribution is 6.01. The van der Waals surface area contributed by atoms with Crippen molar-refractivity contribution in [1.82, 2.24) is 9.66 Å². The number of nitrogens with one attached hydrogen (secondary N) is 1. The van der Waals surface area contributed by atoms with Crippen LogP contribution in [-0.4, -0.2) is 25.4 Å². The Bertz CT molecular complexity index is 981. The summed E-state index contributed by atoms with van der Waals surface area (Å²) in [7, 11) is 0. The molecule has 0 aliphatic rings. The number of aromatic nitrogens is 2. The van der Waals surface area contributed by atoms with E-state index in [1.165, 1.54) is 11.0 Å². The molecular formula is C14H9N5O5. The molecule has 0 unspecified atom stereocenters. The van der Waals surface area contributed by atoms with Gasteiger partial charge in [0.25, 0.3) is 5.91 Å². The summed E-state index contributed by atoms with van der Waals surface area (Å²) < 4.78 is 1.37. The lowest BCUT2D eigenvalue weighted by atomic mass is 10.1. The molecule has 24 heavy (non-hydrogen) atoms. The number of nitrogens with zero attached hydrogens (tertiary/aromatic N) is 4. The lowest BCUT2D eigenvalue weighted by Gasteiger charge is -2.07. The molecule has 120 valence electrons. The lowest BCUT2D eigenvalue weighted by molar-refractivity contribution is -0.422. The van der Waals surface area contributed by atoms with Gasteiger partial charge in [-0.3, -0.25) is 30.4 Å². The zero-order valence-corrected chi connectivity index (χ0v) is 11.9. The maximum atomic E-state index is 12.3. The number of fused-ring (bicyclic) bond motifs is 1. The number of rotatable bonds is 4. The van der Waals surface area contributed by atoms with Crippen molar-refractivity contribution in [3.05, 3.63) is 74.6 Å². The second kappa shape index (κ2) is 5.76. The van der Waals surface area contributed by atoms with Gasteiger partial charge in [-0.1, -0.05) is 12.1 Å². The topological polar surface area (TPSA) is 133 Å². The van der Waals surface area contributed by atoms with Gasteiger partial charge in [0.1, 0.15) is 6.33 Å².